The van der Waals surface area contributed by atoms with Gasteiger partial charge in [-0.25, -0.2) is 13.1 Å². The Kier molecular flexibility index (Phi) is 2.84. The lowest BCUT2D eigenvalue weighted by atomic mass is 9.47. The molecule has 0 aromatic rings. The van der Waals surface area contributed by atoms with Gasteiger partial charge in [0, 0.05) is 5.54 Å². The first-order valence-electron chi connectivity index (χ1n) is 7.27. The van der Waals surface area contributed by atoms with Gasteiger partial charge in [-0.1, -0.05) is 13.8 Å². The van der Waals surface area contributed by atoms with Crippen LogP contribution in [0.5, 0.6) is 0 Å². The second-order valence-electron chi connectivity index (χ2n) is 7.45. The average Bonchev–Trinajstić information content (AvgIpc) is 2.09. The molecule has 4 fully saturated rings. The molecule has 0 heterocycles. The standard InChI is InChI=1S/C14H25NO2S/c1-9(2)13-11-4-10-5-12(13)8-14(6-10,7-11)15-18(3,16)17/h9-13,15H,4-8H2,1-3H3. The van der Waals surface area contributed by atoms with E-state index in [1.165, 1.54) is 19.1 Å². The summed E-state index contributed by atoms with van der Waals surface area (Å²) in [6.07, 6.45) is 7.23. The van der Waals surface area contributed by atoms with E-state index >= 15 is 0 Å². The van der Waals surface area contributed by atoms with Crippen LogP contribution in [0.25, 0.3) is 0 Å². The summed E-state index contributed by atoms with van der Waals surface area (Å²) in [7, 11) is -3.07. The van der Waals surface area contributed by atoms with Gasteiger partial charge in [0.15, 0.2) is 0 Å². The summed E-state index contributed by atoms with van der Waals surface area (Å²) >= 11 is 0. The molecule has 0 aromatic carbocycles. The van der Waals surface area contributed by atoms with Crippen molar-refractivity contribution >= 4 is 10.0 Å². The number of rotatable bonds is 3. The van der Waals surface area contributed by atoms with E-state index in [4.69, 9.17) is 0 Å². The second kappa shape index (κ2) is 3.95. The van der Waals surface area contributed by atoms with Crippen LogP contribution in [0.3, 0.4) is 0 Å². The lowest BCUT2D eigenvalue weighted by molar-refractivity contribution is -0.0742. The molecule has 0 spiro atoms. The largest absolute Gasteiger partial charge is 0.213 e. The van der Waals surface area contributed by atoms with Crippen LogP contribution in [-0.4, -0.2) is 20.2 Å². The Morgan fingerprint density at radius 1 is 1.11 bits per heavy atom. The third kappa shape index (κ3) is 2.11. The molecule has 4 heteroatoms. The van der Waals surface area contributed by atoms with Crippen LogP contribution in [-0.2, 0) is 10.0 Å². The van der Waals surface area contributed by atoms with Gasteiger partial charge < -0.3 is 0 Å². The lowest BCUT2D eigenvalue weighted by Gasteiger charge is -2.61. The number of hydrogen-bond donors (Lipinski definition) is 1. The van der Waals surface area contributed by atoms with Crippen molar-refractivity contribution in [2.75, 3.05) is 6.26 Å². The summed E-state index contributed by atoms with van der Waals surface area (Å²) in [5.41, 5.74) is -0.0878. The first-order chi connectivity index (χ1) is 8.28. The molecule has 4 aliphatic rings. The smallest absolute Gasteiger partial charge is 0.209 e. The summed E-state index contributed by atoms with van der Waals surface area (Å²) < 4.78 is 26.2. The molecule has 4 rings (SSSR count). The van der Waals surface area contributed by atoms with Crippen LogP contribution < -0.4 is 4.72 Å². The van der Waals surface area contributed by atoms with Gasteiger partial charge >= 0.3 is 0 Å². The Balaban J connectivity index is 1.87. The van der Waals surface area contributed by atoms with Gasteiger partial charge in [-0.15, -0.1) is 0 Å². The fourth-order valence-corrected chi connectivity index (χ4v) is 6.71. The molecule has 4 saturated carbocycles. The van der Waals surface area contributed by atoms with Crippen molar-refractivity contribution < 1.29 is 8.42 Å². The summed E-state index contributed by atoms with van der Waals surface area (Å²) in [6.45, 7) is 4.67. The Morgan fingerprint density at radius 2 is 1.67 bits per heavy atom. The molecule has 0 amide bonds. The van der Waals surface area contributed by atoms with E-state index in [9.17, 15) is 8.42 Å². The highest BCUT2D eigenvalue weighted by atomic mass is 32.2. The fourth-order valence-electron chi connectivity index (χ4n) is 5.67. The Hall–Kier alpha value is -0.0900. The van der Waals surface area contributed by atoms with E-state index in [1.54, 1.807) is 0 Å². The van der Waals surface area contributed by atoms with E-state index < -0.39 is 10.0 Å². The van der Waals surface area contributed by atoms with Gasteiger partial charge in [0.25, 0.3) is 0 Å². The van der Waals surface area contributed by atoms with E-state index in [0.29, 0.717) is 0 Å². The Labute approximate surface area is 111 Å². The van der Waals surface area contributed by atoms with E-state index in [0.717, 1.165) is 48.9 Å². The van der Waals surface area contributed by atoms with Crippen LogP contribution in [0.15, 0.2) is 0 Å². The van der Waals surface area contributed by atoms with E-state index in [-0.39, 0.29) is 5.54 Å². The molecule has 0 aromatic heterocycles. The minimum atomic E-state index is -3.07. The monoisotopic (exact) mass is 271 g/mol. The van der Waals surface area contributed by atoms with Gasteiger partial charge in [-0.05, 0) is 61.7 Å². The molecule has 0 saturated heterocycles. The summed E-state index contributed by atoms with van der Waals surface area (Å²) in [4.78, 5) is 0. The number of nitrogens with one attached hydrogen (secondary N) is 1. The highest BCUT2D eigenvalue weighted by Crippen LogP contribution is 2.60. The molecular formula is C14H25NO2S. The minimum Gasteiger partial charge on any atom is -0.213 e. The van der Waals surface area contributed by atoms with Crippen LogP contribution in [0.1, 0.15) is 46.0 Å². The molecule has 3 nitrogen and oxygen atoms in total. The van der Waals surface area contributed by atoms with E-state index in [1.807, 2.05) is 0 Å². The van der Waals surface area contributed by atoms with Gasteiger partial charge in [0.05, 0.1) is 6.26 Å². The van der Waals surface area contributed by atoms with Crippen molar-refractivity contribution in [3.8, 4) is 0 Å². The first-order valence-corrected chi connectivity index (χ1v) is 9.16. The van der Waals surface area contributed by atoms with Gasteiger partial charge in [-0.3, -0.25) is 0 Å². The SMILES string of the molecule is CC(C)C1C2CC3CC1CC(NS(C)(=O)=O)(C3)C2. The molecule has 4 aliphatic carbocycles. The minimum absolute atomic E-state index is 0.0878. The van der Waals surface area contributed by atoms with Crippen molar-refractivity contribution in [3.63, 3.8) is 0 Å². The summed E-state index contributed by atoms with van der Waals surface area (Å²) in [5.74, 6) is 3.86. The highest BCUT2D eigenvalue weighted by molar-refractivity contribution is 7.88. The van der Waals surface area contributed by atoms with Crippen LogP contribution in [0.4, 0.5) is 0 Å². The third-order valence-electron chi connectivity index (χ3n) is 5.52. The molecule has 0 aliphatic heterocycles. The Bertz CT molecular complexity index is 427. The lowest BCUT2D eigenvalue weighted by Crippen LogP contribution is -2.62. The molecule has 104 valence electrons. The van der Waals surface area contributed by atoms with Crippen molar-refractivity contribution in [2.45, 2.75) is 51.5 Å². The molecule has 18 heavy (non-hydrogen) atoms. The maximum Gasteiger partial charge on any atom is 0.209 e. The maximum atomic E-state index is 11.6. The van der Waals surface area contributed by atoms with Gasteiger partial charge in [0.1, 0.15) is 0 Å². The number of hydrogen-bond acceptors (Lipinski definition) is 2. The molecule has 2 atom stereocenters. The van der Waals surface area contributed by atoms with Gasteiger partial charge in [-0.2, -0.15) is 0 Å². The summed E-state index contributed by atoms with van der Waals surface area (Å²) in [5, 5.41) is 0. The topological polar surface area (TPSA) is 46.2 Å². The van der Waals surface area contributed by atoms with Crippen molar-refractivity contribution in [3.05, 3.63) is 0 Å². The van der Waals surface area contributed by atoms with Crippen molar-refractivity contribution in [1.29, 1.82) is 0 Å². The van der Waals surface area contributed by atoms with Crippen molar-refractivity contribution in [1.82, 2.24) is 4.72 Å². The molecule has 2 unspecified atom stereocenters. The maximum absolute atomic E-state index is 11.6. The normalized spacial score (nSPS) is 46.9. The molecule has 4 bridgehead atoms. The predicted octanol–water partition coefficient (Wildman–Crippen LogP) is 2.39. The molecular weight excluding hydrogens is 246 g/mol. The molecule has 0 radical (unpaired) electrons. The molecule has 1 N–H and O–H groups in total. The van der Waals surface area contributed by atoms with Crippen LogP contribution >= 0.6 is 0 Å². The summed E-state index contributed by atoms with van der Waals surface area (Å²) in [6, 6.07) is 0. The Morgan fingerprint density at radius 3 is 2.11 bits per heavy atom. The van der Waals surface area contributed by atoms with Crippen LogP contribution in [0.2, 0.25) is 0 Å². The predicted molar refractivity (Wildman–Crippen MR) is 72.6 cm³/mol. The van der Waals surface area contributed by atoms with Crippen molar-refractivity contribution in [2.24, 2.45) is 29.6 Å². The second-order valence-corrected chi connectivity index (χ2v) is 9.19. The average molecular weight is 271 g/mol. The zero-order valence-corrected chi connectivity index (χ0v) is 12.5. The zero-order valence-electron chi connectivity index (χ0n) is 11.6. The third-order valence-corrected chi connectivity index (χ3v) is 6.32. The van der Waals surface area contributed by atoms with Gasteiger partial charge in [0.2, 0.25) is 10.0 Å². The number of sulfonamides is 1. The highest BCUT2D eigenvalue weighted by Gasteiger charge is 2.56. The van der Waals surface area contributed by atoms with E-state index in [2.05, 4.69) is 18.6 Å². The quantitative estimate of drug-likeness (QED) is 0.856. The fraction of sp³-hybridized carbons (Fsp3) is 1.00. The first kappa shape index (κ1) is 12.9. The van der Waals surface area contributed by atoms with Crippen LogP contribution in [0, 0.1) is 29.6 Å². The zero-order chi connectivity index (χ0) is 13.1.